The van der Waals surface area contributed by atoms with Crippen LogP contribution in [0.2, 0.25) is 0 Å². The standard InChI is InChI=1S/C18H21NO2/c1-18(2,3)14-10-8-13(9-11-14)16(20)12-21-17-7-5-4-6-15(17)19/h4-11H,12,19H2,1-3H3. The van der Waals surface area contributed by atoms with Crippen molar-refractivity contribution >= 4 is 11.5 Å². The first-order chi connectivity index (χ1) is 9.88. The Kier molecular flexibility index (Phi) is 4.32. The zero-order valence-corrected chi connectivity index (χ0v) is 12.7. The summed E-state index contributed by atoms with van der Waals surface area (Å²) in [7, 11) is 0. The summed E-state index contributed by atoms with van der Waals surface area (Å²) < 4.78 is 5.48. The van der Waals surface area contributed by atoms with Crippen LogP contribution >= 0.6 is 0 Å². The predicted molar refractivity (Wildman–Crippen MR) is 85.8 cm³/mol. The van der Waals surface area contributed by atoms with Crippen molar-refractivity contribution in [1.82, 2.24) is 0 Å². The van der Waals surface area contributed by atoms with Crippen molar-refractivity contribution in [2.45, 2.75) is 26.2 Å². The molecule has 110 valence electrons. The number of ether oxygens (including phenoxy) is 1. The first kappa shape index (κ1) is 15.1. The molecule has 21 heavy (non-hydrogen) atoms. The first-order valence-corrected chi connectivity index (χ1v) is 6.99. The number of Topliss-reactive ketones (excluding diaryl/α,β-unsaturated/α-hetero) is 1. The van der Waals surface area contributed by atoms with Gasteiger partial charge in [-0.15, -0.1) is 0 Å². The predicted octanol–water partition coefficient (Wildman–Crippen LogP) is 3.83. The van der Waals surface area contributed by atoms with Gasteiger partial charge in [-0.25, -0.2) is 0 Å². The lowest BCUT2D eigenvalue weighted by Gasteiger charge is -2.19. The molecule has 2 N–H and O–H groups in total. The Hall–Kier alpha value is -2.29. The van der Waals surface area contributed by atoms with Gasteiger partial charge in [0.2, 0.25) is 0 Å². The number of hydrogen-bond acceptors (Lipinski definition) is 3. The van der Waals surface area contributed by atoms with Gasteiger partial charge in [0.05, 0.1) is 5.69 Å². The zero-order valence-electron chi connectivity index (χ0n) is 12.7. The van der Waals surface area contributed by atoms with Crippen LogP contribution in [0.4, 0.5) is 5.69 Å². The van der Waals surface area contributed by atoms with Crippen molar-refractivity contribution in [2.24, 2.45) is 0 Å². The summed E-state index contributed by atoms with van der Waals surface area (Å²) in [5.41, 5.74) is 8.24. The average Bonchev–Trinajstić information content (AvgIpc) is 2.45. The van der Waals surface area contributed by atoms with E-state index in [-0.39, 0.29) is 17.8 Å². The summed E-state index contributed by atoms with van der Waals surface area (Å²) in [4.78, 5) is 12.1. The van der Waals surface area contributed by atoms with Gasteiger partial charge in [-0.05, 0) is 23.1 Å². The Bertz CT molecular complexity index is 624. The van der Waals surface area contributed by atoms with Crippen molar-refractivity contribution in [2.75, 3.05) is 12.3 Å². The Labute approximate surface area is 125 Å². The Morgan fingerprint density at radius 2 is 1.67 bits per heavy atom. The second-order valence-electron chi connectivity index (χ2n) is 6.08. The smallest absolute Gasteiger partial charge is 0.200 e. The molecule has 0 heterocycles. The summed E-state index contributed by atoms with van der Waals surface area (Å²) in [6.45, 7) is 6.42. The second-order valence-corrected chi connectivity index (χ2v) is 6.08. The molecule has 0 unspecified atom stereocenters. The van der Waals surface area contributed by atoms with E-state index in [4.69, 9.17) is 10.5 Å². The third-order valence-corrected chi connectivity index (χ3v) is 3.35. The van der Waals surface area contributed by atoms with Gasteiger partial charge in [-0.1, -0.05) is 57.2 Å². The van der Waals surface area contributed by atoms with Crippen LogP contribution in [0.15, 0.2) is 48.5 Å². The SMILES string of the molecule is CC(C)(C)c1ccc(C(=O)COc2ccccc2N)cc1. The molecule has 0 saturated carbocycles. The van der Waals surface area contributed by atoms with Gasteiger partial charge in [-0.2, -0.15) is 0 Å². The van der Waals surface area contributed by atoms with Gasteiger partial charge in [-0.3, -0.25) is 4.79 Å². The van der Waals surface area contributed by atoms with Crippen LogP contribution < -0.4 is 10.5 Å². The maximum Gasteiger partial charge on any atom is 0.200 e. The highest BCUT2D eigenvalue weighted by Gasteiger charge is 2.14. The number of benzene rings is 2. The molecule has 0 aliphatic heterocycles. The lowest BCUT2D eigenvalue weighted by Crippen LogP contribution is -2.14. The van der Waals surface area contributed by atoms with Crippen molar-refractivity contribution in [1.29, 1.82) is 0 Å². The highest BCUT2D eigenvalue weighted by molar-refractivity contribution is 5.97. The number of rotatable bonds is 4. The number of ketones is 1. The van der Waals surface area contributed by atoms with E-state index >= 15 is 0 Å². The van der Waals surface area contributed by atoms with E-state index in [1.807, 2.05) is 36.4 Å². The van der Waals surface area contributed by atoms with Gasteiger partial charge in [0, 0.05) is 5.56 Å². The van der Waals surface area contributed by atoms with Gasteiger partial charge < -0.3 is 10.5 Å². The molecule has 0 fully saturated rings. The monoisotopic (exact) mass is 283 g/mol. The van der Waals surface area contributed by atoms with Gasteiger partial charge >= 0.3 is 0 Å². The molecule has 0 aliphatic rings. The van der Waals surface area contributed by atoms with Crippen LogP contribution in [0.3, 0.4) is 0 Å². The summed E-state index contributed by atoms with van der Waals surface area (Å²) in [6.07, 6.45) is 0. The number of para-hydroxylation sites is 2. The fourth-order valence-corrected chi connectivity index (χ4v) is 1.99. The lowest BCUT2D eigenvalue weighted by molar-refractivity contribution is 0.0922. The number of nitrogen functional groups attached to an aromatic ring is 1. The molecule has 3 heteroatoms. The first-order valence-electron chi connectivity index (χ1n) is 6.99. The third-order valence-electron chi connectivity index (χ3n) is 3.35. The van der Waals surface area contributed by atoms with E-state index < -0.39 is 0 Å². The number of nitrogens with two attached hydrogens (primary N) is 1. The molecule has 0 aliphatic carbocycles. The minimum absolute atomic E-state index is 0.0108. The van der Waals surface area contributed by atoms with Crippen LogP contribution in [0.25, 0.3) is 0 Å². The van der Waals surface area contributed by atoms with Crippen LogP contribution in [0, 0.1) is 0 Å². The molecular formula is C18H21NO2. The normalized spacial score (nSPS) is 11.2. The molecule has 0 aromatic heterocycles. The van der Waals surface area contributed by atoms with Gasteiger partial charge in [0.1, 0.15) is 5.75 Å². The minimum atomic E-state index is -0.0567. The van der Waals surface area contributed by atoms with Crippen LogP contribution in [0.1, 0.15) is 36.7 Å². The van der Waals surface area contributed by atoms with Crippen LogP contribution in [0.5, 0.6) is 5.75 Å². The van der Waals surface area contributed by atoms with Crippen LogP contribution in [-0.4, -0.2) is 12.4 Å². The maximum absolute atomic E-state index is 12.1. The average molecular weight is 283 g/mol. The molecule has 2 rings (SSSR count). The highest BCUT2D eigenvalue weighted by Crippen LogP contribution is 2.23. The zero-order chi connectivity index (χ0) is 15.5. The van der Waals surface area contributed by atoms with Crippen molar-refractivity contribution in [3.05, 3.63) is 59.7 Å². The van der Waals surface area contributed by atoms with Crippen molar-refractivity contribution in [3.8, 4) is 5.75 Å². The summed E-state index contributed by atoms with van der Waals surface area (Å²) in [6, 6.07) is 14.8. The van der Waals surface area contributed by atoms with Crippen molar-refractivity contribution < 1.29 is 9.53 Å². The molecular weight excluding hydrogens is 262 g/mol. The van der Waals surface area contributed by atoms with E-state index in [1.165, 1.54) is 5.56 Å². The fourth-order valence-electron chi connectivity index (χ4n) is 1.99. The summed E-state index contributed by atoms with van der Waals surface area (Å²) >= 11 is 0. The topological polar surface area (TPSA) is 52.3 Å². The van der Waals surface area contributed by atoms with E-state index in [2.05, 4.69) is 20.8 Å². The summed E-state index contributed by atoms with van der Waals surface area (Å²) in [5.74, 6) is 0.482. The molecule has 2 aromatic rings. The molecule has 0 spiro atoms. The number of carbonyl (C=O) groups excluding carboxylic acids is 1. The fraction of sp³-hybridized carbons (Fsp3) is 0.278. The van der Waals surface area contributed by atoms with E-state index in [9.17, 15) is 4.79 Å². The second kappa shape index (κ2) is 6.00. The Balaban J connectivity index is 2.03. The van der Waals surface area contributed by atoms with Crippen LogP contribution in [-0.2, 0) is 5.41 Å². The van der Waals surface area contributed by atoms with E-state index in [1.54, 1.807) is 12.1 Å². The molecule has 0 radical (unpaired) electrons. The minimum Gasteiger partial charge on any atom is -0.483 e. The molecule has 0 bridgehead atoms. The van der Waals surface area contributed by atoms with E-state index in [0.717, 1.165) is 0 Å². The number of hydrogen-bond donors (Lipinski definition) is 1. The van der Waals surface area contributed by atoms with Gasteiger partial charge in [0.25, 0.3) is 0 Å². The maximum atomic E-state index is 12.1. The molecule has 0 atom stereocenters. The number of carbonyl (C=O) groups is 1. The lowest BCUT2D eigenvalue weighted by atomic mass is 9.86. The van der Waals surface area contributed by atoms with E-state index in [0.29, 0.717) is 17.0 Å². The Morgan fingerprint density at radius 1 is 1.05 bits per heavy atom. The molecule has 0 amide bonds. The molecule has 0 saturated heterocycles. The van der Waals surface area contributed by atoms with Gasteiger partial charge in [0.15, 0.2) is 12.4 Å². The molecule has 2 aromatic carbocycles. The highest BCUT2D eigenvalue weighted by atomic mass is 16.5. The third kappa shape index (κ3) is 3.85. The quantitative estimate of drug-likeness (QED) is 0.685. The largest absolute Gasteiger partial charge is 0.483 e. The van der Waals surface area contributed by atoms with Crippen molar-refractivity contribution in [3.63, 3.8) is 0 Å². The molecule has 3 nitrogen and oxygen atoms in total. The summed E-state index contributed by atoms with van der Waals surface area (Å²) in [5, 5.41) is 0. The number of anilines is 1. The Morgan fingerprint density at radius 3 is 2.24 bits per heavy atom.